The molecule has 0 spiro atoms. The Morgan fingerprint density at radius 1 is 1.33 bits per heavy atom. The van der Waals surface area contributed by atoms with Crippen molar-refractivity contribution in [1.29, 1.82) is 0 Å². The lowest BCUT2D eigenvalue weighted by Crippen LogP contribution is -2.30. The zero-order valence-electron chi connectivity index (χ0n) is 15.4. The number of aromatic nitrogens is 1. The van der Waals surface area contributed by atoms with Crippen LogP contribution in [0, 0.1) is 5.92 Å². The molecule has 1 aliphatic heterocycles. The molecule has 7 nitrogen and oxygen atoms in total. The lowest BCUT2D eigenvalue weighted by Gasteiger charge is -2.17. The number of rotatable bonds is 5. The summed E-state index contributed by atoms with van der Waals surface area (Å²) in [5.74, 6) is -0.732. The summed E-state index contributed by atoms with van der Waals surface area (Å²) in [5.41, 5.74) is 2.69. The van der Waals surface area contributed by atoms with Gasteiger partial charge in [0.15, 0.2) is 5.13 Å². The van der Waals surface area contributed by atoms with Crippen LogP contribution >= 0.6 is 11.3 Å². The van der Waals surface area contributed by atoms with Gasteiger partial charge in [-0.25, -0.2) is 9.78 Å². The number of hydrogen-bond acceptors (Lipinski definition) is 6. The molecule has 1 aromatic heterocycles. The third kappa shape index (κ3) is 4.00. The number of amides is 2. The van der Waals surface area contributed by atoms with Gasteiger partial charge in [0, 0.05) is 23.5 Å². The Morgan fingerprint density at radius 2 is 2.11 bits per heavy atom. The molecule has 8 heteroatoms. The maximum atomic E-state index is 12.8. The van der Waals surface area contributed by atoms with Gasteiger partial charge in [-0.2, -0.15) is 0 Å². The highest BCUT2D eigenvalue weighted by Crippen LogP contribution is 2.31. The largest absolute Gasteiger partial charge is 0.465 e. The maximum absolute atomic E-state index is 12.8. The van der Waals surface area contributed by atoms with Crippen LogP contribution in [0.15, 0.2) is 23.6 Å². The first kappa shape index (κ1) is 19.0. The summed E-state index contributed by atoms with van der Waals surface area (Å²) in [7, 11) is 1.34. The summed E-state index contributed by atoms with van der Waals surface area (Å²) in [6.07, 6.45) is 0.745. The molecule has 2 amide bonds. The number of carbonyl (C=O) groups excluding carboxylic acids is 3. The summed E-state index contributed by atoms with van der Waals surface area (Å²) < 4.78 is 4.82. The minimum Gasteiger partial charge on any atom is -0.465 e. The number of benzene rings is 1. The number of esters is 1. The van der Waals surface area contributed by atoms with E-state index in [1.54, 1.807) is 36.3 Å². The third-order valence-corrected chi connectivity index (χ3v) is 5.18. The van der Waals surface area contributed by atoms with Gasteiger partial charge in [-0.3, -0.25) is 9.59 Å². The molecule has 0 unspecified atom stereocenters. The normalized spacial score (nSPS) is 12.8. The predicted molar refractivity (Wildman–Crippen MR) is 103 cm³/mol. The van der Waals surface area contributed by atoms with Crippen molar-refractivity contribution in [3.05, 3.63) is 40.4 Å². The van der Waals surface area contributed by atoms with Crippen molar-refractivity contribution in [2.45, 2.75) is 26.7 Å². The van der Waals surface area contributed by atoms with Crippen molar-refractivity contribution in [3.63, 3.8) is 0 Å². The second kappa shape index (κ2) is 7.87. The first-order valence-electron chi connectivity index (χ1n) is 8.66. The summed E-state index contributed by atoms with van der Waals surface area (Å²) >= 11 is 1.30. The molecule has 3 rings (SSSR count). The number of nitrogens with one attached hydrogen (secondary N) is 1. The van der Waals surface area contributed by atoms with E-state index in [0.717, 1.165) is 11.3 Å². The Hall–Kier alpha value is -2.74. The van der Waals surface area contributed by atoms with Crippen LogP contribution in [0.1, 0.15) is 35.5 Å². The van der Waals surface area contributed by atoms with E-state index in [-0.39, 0.29) is 24.2 Å². The topological polar surface area (TPSA) is 88.6 Å². The molecule has 0 aliphatic carbocycles. The number of anilines is 2. The summed E-state index contributed by atoms with van der Waals surface area (Å²) in [6.45, 7) is 4.13. The van der Waals surface area contributed by atoms with Crippen LogP contribution in [0.2, 0.25) is 0 Å². The molecule has 27 heavy (non-hydrogen) atoms. The van der Waals surface area contributed by atoms with Crippen LogP contribution in [0.4, 0.5) is 10.8 Å². The van der Waals surface area contributed by atoms with Crippen LogP contribution in [-0.4, -0.2) is 36.4 Å². The Bertz CT molecular complexity index is 891. The van der Waals surface area contributed by atoms with Crippen molar-refractivity contribution in [2.75, 3.05) is 23.9 Å². The lowest BCUT2D eigenvalue weighted by atomic mass is 10.1. The van der Waals surface area contributed by atoms with Gasteiger partial charge in [0.25, 0.3) is 0 Å². The molecule has 2 aromatic rings. The number of thiazole rings is 1. The van der Waals surface area contributed by atoms with E-state index in [1.165, 1.54) is 18.4 Å². The maximum Gasteiger partial charge on any atom is 0.338 e. The lowest BCUT2D eigenvalue weighted by molar-refractivity contribution is -0.119. The SMILES string of the molecule is COC(=O)c1cccc2c1CCN2C(=O)Cc1csc(NC(=O)C(C)C)n1. The van der Waals surface area contributed by atoms with E-state index >= 15 is 0 Å². The molecule has 0 atom stereocenters. The second-order valence-electron chi connectivity index (χ2n) is 6.55. The fourth-order valence-corrected chi connectivity index (χ4v) is 3.65. The van der Waals surface area contributed by atoms with Crippen LogP contribution in [0.25, 0.3) is 0 Å². The van der Waals surface area contributed by atoms with Crippen molar-refractivity contribution < 1.29 is 19.1 Å². The Kier molecular flexibility index (Phi) is 5.55. The molecule has 0 saturated heterocycles. The standard InChI is InChI=1S/C19H21N3O4S/c1-11(2)17(24)21-19-20-12(10-27-19)9-16(23)22-8-7-13-14(18(25)26-3)5-4-6-15(13)22/h4-6,10-11H,7-9H2,1-3H3,(H,20,21,24). The van der Waals surface area contributed by atoms with Gasteiger partial charge in [0.2, 0.25) is 11.8 Å². The summed E-state index contributed by atoms with van der Waals surface area (Å²) in [6, 6.07) is 5.30. The van der Waals surface area contributed by atoms with Gasteiger partial charge < -0.3 is 15.0 Å². The van der Waals surface area contributed by atoms with Crippen LogP contribution in [0.3, 0.4) is 0 Å². The average molecular weight is 387 g/mol. The van der Waals surface area contributed by atoms with E-state index in [0.29, 0.717) is 29.4 Å². The molecule has 0 bridgehead atoms. The molecule has 1 N–H and O–H groups in total. The Labute approximate surface area is 161 Å². The van der Waals surface area contributed by atoms with Gasteiger partial charge >= 0.3 is 5.97 Å². The van der Waals surface area contributed by atoms with E-state index < -0.39 is 5.97 Å². The third-order valence-electron chi connectivity index (χ3n) is 4.37. The van der Waals surface area contributed by atoms with Gasteiger partial charge in [0.1, 0.15) is 0 Å². The van der Waals surface area contributed by atoms with E-state index in [9.17, 15) is 14.4 Å². The van der Waals surface area contributed by atoms with E-state index in [4.69, 9.17) is 4.74 Å². The highest BCUT2D eigenvalue weighted by molar-refractivity contribution is 7.13. The quantitative estimate of drug-likeness (QED) is 0.797. The summed E-state index contributed by atoms with van der Waals surface area (Å²) in [5, 5.41) is 5.00. The van der Waals surface area contributed by atoms with Crippen LogP contribution in [0.5, 0.6) is 0 Å². The number of fused-ring (bicyclic) bond motifs is 1. The van der Waals surface area contributed by atoms with Crippen LogP contribution < -0.4 is 10.2 Å². The fraction of sp³-hybridized carbons (Fsp3) is 0.368. The molecule has 0 saturated carbocycles. The Balaban J connectivity index is 1.72. The number of methoxy groups -OCH3 is 1. The summed E-state index contributed by atoms with van der Waals surface area (Å²) in [4.78, 5) is 42.4. The fourth-order valence-electron chi connectivity index (χ4n) is 2.94. The number of nitrogens with zero attached hydrogens (tertiary/aromatic N) is 2. The van der Waals surface area contributed by atoms with Gasteiger partial charge in [-0.1, -0.05) is 19.9 Å². The predicted octanol–water partition coefficient (Wildman–Crippen LogP) is 2.66. The van der Waals surface area contributed by atoms with Crippen molar-refractivity contribution in [1.82, 2.24) is 4.98 Å². The number of ether oxygens (including phenoxy) is 1. The van der Waals surface area contributed by atoms with Crippen molar-refractivity contribution in [3.8, 4) is 0 Å². The highest BCUT2D eigenvalue weighted by Gasteiger charge is 2.28. The number of hydrogen-bond donors (Lipinski definition) is 1. The van der Waals surface area contributed by atoms with Gasteiger partial charge in [0.05, 0.1) is 24.8 Å². The number of carbonyl (C=O) groups is 3. The van der Waals surface area contributed by atoms with E-state index in [2.05, 4.69) is 10.3 Å². The van der Waals surface area contributed by atoms with Crippen molar-refractivity contribution >= 4 is 39.9 Å². The molecule has 2 heterocycles. The zero-order chi connectivity index (χ0) is 19.6. The minimum absolute atomic E-state index is 0.0946. The van der Waals surface area contributed by atoms with Gasteiger partial charge in [-0.15, -0.1) is 11.3 Å². The first-order chi connectivity index (χ1) is 12.9. The smallest absolute Gasteiger partial charge is 0.338 e. The zero-order valence-corrected chi connectivity index (χ0v) is 16.3. The van der Waals surface area contributed by atoms with E-state index in [1.807, 2.05) is 6.07 Å². The molecule has 1 aliphatic rings. The Morgan fingerprint density at radius 3 is 2.81 bits per heavy atom. The molecular weight excluding hydrogens is 366 g/mol. The minimum atomic E-state index is -0.397. The molecule has 1 aromatic carbocycles. The van der Waals surface area contributed by atoms with Gasteiger partial charge in [-0.05, 0) is 24.1 Å². The second-order valence-corrected chi connectivity index (χ2v) is 7.41. The molecular formula is C19H21N3O4S. The highest BCUT2D eigenvalue weighted by atomic mass is 32.1. The monoisotopic (exact) mass is 387 g/mol. The van der Waals surface area contributed by atoms with Crippen LogP contribution in [-0.2, 0) is 27.2 Å². The molecule has 0 fully saturated rings. The molecule has 142 valence electrons. The van der Waals surface area contributed by atoms with Crippen molar-refractivity contribution in [2.24, 2.45) is 5.92 Å². The molecule has 0 radical (unpaired) electrons. The first-order valence-corrected chi connectivity index (χ1v) is 9.54. The average Bonchev–Trinajstić information content (AvgIpc) is 3.27.